The molecule has 2 amide bonds. The minimum Gasteiger partial charge on any atom is -0.394 e. The van der Waals surface area contributed by atoms with Crippen molar-refractivity contribution in [3.63, 3.8) is 0 Å². The topological polar surface area (TPSA) is 309 Å². The molecule has 27 heteroatoms. The van der Waals surface area contributed by atoms with E-state index < -0.39 is 98.0 Å². The normalized spacial score (nSPS) is 22.8. The van der Waals surface area contributed by atoms with Gasteiger partial charge in [0.15, 0.2) is 46.8 Å². The van der Waals surface area contributed by atoms with Crippen LogP contribution in [0.25, 0.3) is 22.3 Å². The number of fused-ring (bicyclic) bond motifs is 2. The molecule has 2 saturated heterocycles. The Morgan fingerprint density at radius 1 is 1.00 bits per heavy atom. The smallest absolute Gasteiger partial charge is 0.336 e. The third-order valence-electron chi connectivity index (χ3n) is 10.3. The second-order valence-electron chi connectivity index (χ2n) is 14.7. The first-order valence-corrected chi connectivity index (χ1v) is 22.9. The van der Waals surface area contributed by atoms with E-state index in [9.17, 15) is 37.4 Å². The van der Waals surface area contributed by atoms with Gasteiger partial charge in [0.25, 0.3) is 11.5 Å². The fourth-order valence-corrected chi connectivity index (χ4v) is 8.34. The van der Waals surface area contributed by atoms with E-state index in [1.807, 2.05) is 0 Å². The van der Waals surface area contributed by atoms with Gasteiger partial charge in [0.2, 0.25) is 11.9 Å². The summed E-state index contributed by atoms with van der Waals surface area (Å²) in [6.07, 6.45) is -7.45. The molecule has 2 fully saturated rings. The molecule has 5 aromatic rings. The van der Waals surface area contributed by atoms with Gasteiger partial charge >= 0.3 is 18.6 Å². The number of aliphatic hydroxyl groups is 1. The predicted octanol–water partition coefficient (Wildman–Crippen LogP) is 1.66. The summed E-state index contributed by atoms with van der Waals surface area (Å²) in [7, 11) is -8.57. The molecule has 348 valence electrons. The van der Waals surface area contributed by atoms with Gasteiger partial charge in [-0.05, 0) is 31.8 Å². The molecule has 6 heterocycles. The Balaban J connectivity index is 0.000000898. The van der Waals surface area contributed by atoms with E-state index in [1.54, 1.807) is 44.2 Å². The van der Waals surface area contributed by atoms with E-state index in [0.717, 1.165) is 23.5 Å². The maximum Gasteiger partial charge on any atom is 0.336 e. The molecule has 0 saturated carbocycles. The van der Waals surface area contributed by atoms with Gasteiger partial charge in [0.1, 0.15) is 24.6 Å². The number of anilines is 2. The van der Waals surface area contributed by atoms with Crippen molar-refractivity contribution in [3.8, 4) is 0 Å². The van der Waals surface area contributed by atoms with E-state index >= 15 is 4.39 Å². The van der Waals surface area contributed by atoms with Crippen LogP contribution in [-0.4, -0.2) is 138 Å². The average molecular weight is 937 g/mol. The van der Waals surface area contributed by atoms with Crippen LogP contribution in [0.3, 0.4) is 0 Å². The van der Waals surface area contributed by atoms with Crippen molar-refractivity contribution in [1.29, 1.82) is 0 Å². The molecule has 7 rings (SSSR count). The number of aromatic nitrogens is 8. The van der Waals surface area contributed by atoms with E-state index in [0.29, 0.717) is 5.56 Å². The summed E-state index contributed by atoms with van der Waals surface area (Å²) in [5.74, 6) is -1.60. The number of H-pyrrole nitrogens is 1. The van der Waals surface area contributed by atoms with Crippen LogP contribution in [0, 0.1) is 5.92 Å². The highest BCUT2D eigenvalue weighted by molar-refractivity contribution is 7.84. The summed E-state index contributed by atoms with van der Waals surface area (Å²) in [6.45, 7) is 12.1. The number of halogens is 1. The van der Waals surface area contributed by atoms with Crippen molar-refractivity contribution in [2.75, 3.05) is 43.4 Å². The zero-order valence-electron chi connectivity index (χ0n) is 35.3. The fraction of sp³-hybridized carbons (Fsp3) is 0.514. The van der Waals surface area contributed by atoms with Gasteiger partial charge in [-0.25, -0.2) is 28.5 Å². The number of nitrogens with zero attached hydrogens (tertiary/aromatic N) is 8. The zero-order valence-corrected chi connectivity index (χ0v) is 37.1. The Labute approximate surface area is 366 Å². The Hall–Kier alpha value is -5.15. The minimum absolute atomic E-state index is 0.00192. The second-order valence-corrected chi connectivity index (χ2v) is 16.9. The molecule has 2 aliphatic heterocycles. The number of benzene rings is 1. The van der Waals surface area contributed by atoms with Crippen LogP contribution in [-0.2, 0) is 37.8 Å². The number of hydrogen-bond acceptors (Lipinski definition) is 17. The fourth-order valence-electron chi connectivity index (χ4n) is 6.89. The van der Waals surface area contributed by atoms with Crippen LogP contribution in [0.1, 0.15) is 63.9 Å². The molecule has 64 heavy (non-hydrogen) atoms. The van der Waals surface area contributed by atoms with Crippen molar-refractivity contribution in [1.82, 2.24) is 48.7 Å². The number of rotatable bonds is 17. The molecule has 0 bridgehead atoms. The quantitative estimate of drug-likeness (QED) is 0.0722. The molecule has 0 radical (unpaired) electrons. The molecule has 6 N–H and O–H groups in total. The third kappa shape index (κ3) is 11.2. The number of aromatic amines is 1. The predicted molar refractivity (Wildman–Crippen MR) is 227 cm³/mol. The van der Waals surface area contributed by atoms with Crippen molar-refractivity contribution >= 4 is 64.5 Å². The Morgan fingerprint density at radius 3 is 2.30 bits per heavy atom. The monoisotopic (exact) mass is 936 g/mol. The summed E-state index contributed by atoms with van der Waals surface area (Å²) < 4.78 is 81.2. The molecular weight excluding hydrogens is 887 g/mol. The minimum atomic E-state index is -4.78. The van der Waals surface area contributed by atoms with Gasteiger partial charge in [0.05, 0.1) is 25.4 Å². The molecule has 2 aliphatic rings. The number of ether oxygens (including phenoxy) is 2. The second kappa shape index (κ2) is 21.2. The summed E-state index contributed by atoms with van der Waals surface area (Å²) in [6, 6.07) is 8.25. The number of aliphatic hydroxyl groups excluding tert-OH is 1. The number of carbonyl (C=O) groups excluding carboxylic acids is 2. The molecule has 4 aromatic heterocycles. The highest BCUT2D eigenvalue weighted by Crippen LogP contribution is 2.39. The molecule has 0 spiro atoms. The maximum absolute atomic E-state index is 16.1. The van der Waals surface area contributed by atoms with Crippen molar-refractivity contribution in [3.05, 3.63) is 65.2 Å². The number of nitrogens with one attached hydrogen (secondary N) is 4. The lowest BCUT2D eigenvalue weighted by Gasteiger charge is -2.22. The first-order chi connectivity index (χ1) is 30.6. The number of hydrogen-bond donors (Lipinski definition) is 6. The van der Waals surface area contributed by atoms with Crippen LogP contribution >= 0.6 is 8.25 Å². The first-order valence-electron chi connectivity index (χ1n) is 20.2. The molecule has 0 aliphatic carbocycles. The average Bonchev–Trinajstić information content (AvgIpc) is 4.06. The van der Waals surface area contributed by atoms with Gasteiger partial charge in [-0.2, -0.15) is 18.1 Å². The molecule has 1 aromatic carbocycles. The molecule has 24 nitrogen and oxygen atoms in total. The summed E-state index contributed by atoms with van der Waals surface area (Å²) in [5, 5.41) is 15.0. The number of amides is 2. The Morgan fingerprint density at radius 2 is 1.67 bits per heavy atom. The van der Waals surface area contributed by atoms with Crippen LogP contribution < -0.4 is 20.9 Å². The summed E-state index contributed by atoms with van der Waals surface area (Å²) in [4.78, 5) is 72.9. The van der Waals surface area contributed by atoms with E-state index in [2.05, 4.69) is 70.9 Å². The van der Waals surface area contributed by atoms with Gasteiger partial charge in [-0.15, -0.1) is 0 Å². The van der Waals surface area contributed by atoms with Gasteiger partial charge in [-0.3, -0.25) is 38.4 Å². The van der Waals surface area contributed by atoms with E-state index in [-0.39, 0.29) is 40.5 Å². The Kier molecular flexibility index (Phi) is 16.0. The van der Waals surface area contributed by atoms with Crippen LogP contribution in [0.4, 0.5) is 16.2 Å². The van der Waals surface area contributed by atoms with E-state index in [1.165, 1.54) is 24.2 Å². The summed E-state index contributed by atoms with van der Waals surface area (Å²) in [5.41, 5.74) is -0.584. The van der Waals surface area contributed by atoms with Crippen molar-refractivity contribution in [2.24, 2.45) is 5.92 Å². The Bertz CT molecular complexity index is 2590. The number of alkyl halides is 1. The maximum atomic E-state index is 16.1. The van der Waals surface area contributed by atoms with E-state index in [4.69, 9.17) is 18.2 Å². The lowest BCUT2D eigenvalue weighted by Crippen LogP contribution is -2.41. The molecule has 8 atom stereocenters. The lowest BCUT2D eigenvalue weighted by atomic mass is 10.1. The van der Waals surface area contributed by atoms with Crippen LogP contribution in [0.2, 0.25) is 0 Å². The number of imidazole rings is 2. The first kappa shape index (κ1) is 48.3. The zero-order chi connectivity index (χ0) is 46.3. The third-order valence-corrected chi connectivity index (χ3v) is 11.8. The highest BCUT2D eigenvalue weighted by atomic mass is 32.2. The molecule has 1 unspecified atom stereocenters. The SMILES string of the molecule is CC(C)C(=O)Nc1nc2c(ncn2[C@@H]2O[C@H](CO)C[C@H]2OS(=O)(=O)NC[C@H]2O[C@@H](n3cnc4c(NC(=O)c5ccccc5)ncnc43)[C@H](F)[C@@H]2O[PH](=O)O)c(=O)[nH]1.CCN(CC)CC. The van der Waals surface area contributed by atoms with Gasteiger partial charge < -0.3 is 34.2 Å². The largest absolute Gasteiger partial charge is 0.394 e. The van der Waals surface area contributed by atoms with Crippen molar-refractivity contribution < 1.29 is 55.1 Å². The lowest BCUT2D eigenvalue weighted by molar-refractivity contribution is -0.118. The number of carbonyl (C=O) groups is 2. The highest BCUT2D eigenvalue weighted by Gasteiger charge is 2.49. The van der Waals surface area contributed by atoms with Crippen LogP contribution in [0.5, 0.6) is 0 Å². The van der Waals surface area contributed by atoms with Gasteiger partial charge in [0, 0.05) is 24.4 Å². The summed E-state index contributed by atoms with van der Waals surface area (Å²) >= 11 is 0. The molecular formula is C37H50FN12O12PS. The van der Waals surface area contributed by atoms with Gasteiger partial charge in [-0.1, -0.05) is 52.8 Å². The standard InChI is InChI=1S/C31H35FN11O12PS.C6H15N/c1-14(2)26(45)40-31-39-25-21(28(47)41-31)36-13-43(25)29-17(8-16(10-44)52-29)55-57(50,51)37-9-18-22(54-56(48)49)19(32)30(53-18)42-12-35-20-23(33-11-34-24(20)42)38-27(46)15-6-4-3-5-7-15;1-4-7(5-2)6-3/h3-7,11-14,16-19,22,29-30,37,44,56H,8-10H2,1-2H3,(H,48,49)(H,33,34,38,46)(H2,39,40,41,45,47);4-6H2,1-3H3/t16-,17+,18+,19+,22+,29+,30+;/m0./s1. The van der Waals surface area contributed by atoms with Crippen LogP contribution in [0.15, 0.2) is 54.1 Å². The van der Waals surface area contributed by atoms with Crippen molar-refractivity contribution in [2.45, 2.75) is 84.1 Å².